The molecule has 3 nitrogen and oxygen atoms in total. The van der Waals surface area contributed by atoms with Gasteiger partial charge in [-0.3, -0.25) is 4.98 Å². The average Bonchev–Trinajstić information content (AvgIpc) is 2.20. The molecule has 0 aliphatic heterocycles. The lowest BCUT2D eigenvalue weighted by Gasteiger charge is -2.35. The second-order valence-electron chi connectivity index (χ2n) is 5.21. The predicted octanol–water partition coefficient (Wildman–Crippen LogP) is 3.09. The molecule has 0 amide bonds. The van der Waals surface area contributed by atoms with Crippen LogP contribution in [-0.4, -0.2) is 16.5 Å². The summed E-state index contributed by atoms with van der Waals surface area (Å²) in [6.07, 6.45) is 10.3. The van der Waals surface area contributed by atoms with Crippen molar-refractivity contribution in [3.63, 3.8) is 0 Å². The second kappa shape index (κ2) is 4.47. The quantitative estimate of drug-likeness (QED) is 0.809. The Balaban J connectivity index is 1.49. The molecule has 3 rings (SSSR count). The van der Waals surface area contributed by atoms with E-state index in [1.165, 1.54) is 32.1 Å². The SMILES string of the molecule is Cc1nccnc1NCC1CC(=C2CCC2)C1. The van der Waals surface area contributed by atoms with E-state index in [0.29, 0.717) is 0 Å². The van der Waals surface area contributed by atoms with Crippen molar-refractivity contribution in [2.75, 3.05) is 11.9 Å². The second-order valence-corrected chi connectivity index (χ2v) is 5.21. The summed E-state index contributed by atoms with van der Waals surface area (Å²) in [7, 11) is 0. The van der Waals surface area contributed by atoms with Gasteiger partial charge >= 0.3 is 0 Å². The number of nitrogens with one attached hydrogen (secondary N) is 1. The van der Waals surface area contributed by atoms with Crippen LogP contribution in [0.2, 0.25) is 0 Å². The van der Waals surface area contributed by atoms with Crippen molar-refractivity contribution >= 4 is 5.82 Å². The first-order valence-electron chi connectivity index (χ1n) is 6.54. The molecular weight excluding hydrogens is 210 g/mol. The van der Waals surface area contributed by atoms with Gasteiger partial charge in [-0.25, -0.2) is 4.98 Å². The fraction of sp³-hybridized carbons (Fsp3) is 0.571. The molecule has 1 heterocycles. The van der Waals surface area contributed by atoms with Crippen molar-refractivity contribution in [1.82, 2.24) is 9.97 Å². The molecule has 3 heteroatoms. The van der Waals surface area contributed by atoms with E-state index in [-0.39, 0.29) is 0 Å². The van der Waals surface area contributed by atoms with Crippen LogP contribution in [0, 0.1) is 12.8 Å². The molecule has 90 valence electrons. The van der Waals surface area contributed by atoms with Gasteiger partial charge in [-0.2, -0.15) is 0 Å². The zero-order valence-corrected chi connectivity index (χ0v) is 10.4. The van der Waals surface area contributed by atoms with E-state index in [1.54, 1.807) is 23.5 Å². The average molecular weight is 229 g/mol. The smallest absolute Gasteiger partial charge is 0.147 e. The van der Waals surface area contributed by atoms with E-state index >= 15 is 0 Å². The summed E-state index contributed by atoms with van der Waals surface area (Å²) in [5.41, 5.74) is 4.50. The molecule has 0 atom stereocenters. The van der Waals surface area contributed by atoms with Gasteiger partial charge in [0.1, 0.15) is 5.82 Å². The van der Waals surface area contributed by atoms with Crippen LogP contribution in [-0.2, 0) is 0 Å². The Morgan fingerprint density at radius 1 is 1.18 bits per heavy atom. The topological polar surface area (TPSA) is 37.8 Å². The lowest BCUT2D eigenvalue weighted by Crippen LogP contribution is -2.26. The molecule has 0 spiro atoms. The monoisotopic (exact) mass is 229 g/mol. The normalized spacial score (nSPS) is 23.0. The van der Waals surface area contributed by atoms with Crippen LogP contribution in [0.25, 0.3) is 0 Å². The third kappa shape index (κ3) is 2.19. The molecule has 2 aliphatic rings. The Morgan fingerprint density at radius 3 is 2.59 bits per heavy atom. The van der Waals surface area contributed by atoms with Crippen LogP contribution in [0.4, 0.5) is 5.82 Å². The molecule has 2 aliphatic carbocycles. The van der Waals surface area contributed by atoms with Crippen molar-refractivity contribution < 1.29 is 0 Å². The van der Waals surface area contributed by atoms with Crippen molar-refractivity contribution in [2.45, 2.75) is 39.0 Å². The van der Waals surface area contributed by atoms with Crippen LogP contribution >= 0.6 is 0 Å². The standard InChI is InChI=1S/C14H19N3/c1-10-14(16-6-5-15-10)17-9-11-7-13(8-11)12-3-2-4-12/h5-6,11H,2-4,7-9H2,1H3,(H,16,17). The zero-order valence-electron chi connectivity index (χ0n) is 10.4. The third-order valence-corrected chi connectivity index (χ3v) is 3.97. The first-order chi connectivity index (χ1) is 8.33. The highest BCUT2D eigenvalue weighted by Crippen LogP contribution is 2.41. The molecule has 2 fully saturated rings. The maximum atomic E-state index is 4.30. The van der Waals surface area contributed by atoms with Gasteiger partial charge in [-0.15, -0.1) is 0 Å². The van der Waals surface area contributed by atoms with Crippen molar-refractivity contribution in [1.29, 1.82) is 0 Å². The van der Waals surface area contributed by atoms with E-state index in [2.05, 4.69) is 15.3 Å². The summed E-state index contributed by atoms with van der Waals surface area (Å²) in [4.78, 5) is 8.54. The maximum absolute atomic E-state index is 4.30. The number of hydrogen-bond acceptors (Lipinski definition) is 3. The number of nitrogens with zero attached hydrogens (tertiary/aromatic N) is 2. The highest BCUT2D eigenvalue weighted by atomic mass is 15.0. The fourth-order valence-corrected chi connectivity index (χ4v) is 2.60. The number of aryl methyl sites for hydroxylation is 1. The first-order valence-corrected chi connectivity index (χ1v) is 6.54. The molecule has 1 N–H and O–H groups in total. The summed E-state index contributed by atoms with van der Waals surface area (Å²) >= 11 is 0. The van der Waals surface area contributed by atoms with E-state index in [4.69, 9.17) is 0 Å². The van der Waals surface area contributed by atoms with Crippen LogP contribution in [0.1, 0.15) is 37.8 Å². The lowest BCUT2D eigenvalue weighted by molar-refractivity contribution is 0.420. The van der Waals surface area contributed by atoms with Crippen LogP contribution in [0.15, 0.2) is 23.5 Å². The van der Waals surface area contributed by atoms with Crippen LogP contribution < -0.4 is 5.32 Å². The Hall–Kier alpha value is -1.38. The van der Waals surface area contributed by atoms with Crippen molar-refractivity contribution in [3.8, 4) is 0 Å². The maximum Gasteiger partial charge on any atom is 0.147 e. The summed E-state index contributed by atoms with van der Waals surface area (Å²) in [5, 5.41) is 3.41. The van der Waals surface area contributed by atoms with Gasteiger partial charge in [0.15, 0.2) is 0 Å². The molecule has 0 bridgehead atoms. The number of allylic oxidation sites excluding steroid dienone is 2. The van der Waals surface area contributed by atoms with Gasteiger partial charge in [0.2, 0.25) is 0 Å². The number of rotatable bonds is 3. The molecule has 0 saturated heterocycles. The highest BCUT2D eigenvalue weighted by Gasteiger charge is 2.27. The Labute approximate surface area is 102 Å². The van der Waals surface area contributed by atoms with Gasteiger partial charge in [0.25, 0.3) is 0 Å². The van der Waals surface area contributed by atoms with Gasteiger partial charge in [-0.05, 0) is 44.9 Å². The Bertz CT molecular complexity index is 437. The predicted molar refractivity (Wildman–Crippen MR) is 68.9 cm³/mol. The highest BCUT2D eigenvalue weighted by molar-refractivity contribution is 5.39. The molecule has 1 aromatic rings. The molecular formula is C14H19N3. The van der Waals surface area contributed by atoms with E-state index in [0.717, 1.165) is 24.0 Å². The van der Waals surface area contributed by atoms with Gasteiger partial charge in [0.05, 0.1) is 5.69 Å². The summed E-state index contributed by atoms with van der Waals surface area (Å²) in [5.74, 6) is 1.75. The summed E-state index contributed by atoms with van der Waals surface area (Å²) < 4.78 is 0. The zero-order chi connectivity index (χ0) is 11.7. The lowest BCUT2D eigenvalue weighted by atomic mass is 9.73. The Kier molecular flexibility index (Phi) is 2.83. The van der Waals surface area contributed by atoms with Crippen LogP contribution in [0.5, 0.6) is 0 Å². The number of aromatic nitrogens is 2. The van der Waals surface area contributed by atoms with E-state index in [1.807, 2.05) is 6.92 Å². The van der Waals surface area contributed by atoms with Crippen LogP contribution in [0.3, 0.4) is 0 Å². The third-order valence-electron chi connectivity index (χ3n) is 3.97. The van der Waals surface area contributed by atoms with Gasteiger partial charge in [0, 0.05) is 18.9 Å². The van der Waals surface area contributed by atoms with Gasteiger partial charge in [-0.1, -0.05) is 11.1 Å². The van der Waals surface area contributed by atoms with E-state index < -0.39 is 0 Å². The first kappa shape index (κ1) is 10.8. The molecule has 0 radical (unpaired) electrons. The minimum atomic E-state index is 0.805. The van der Waals surface area contributed by atoms with E-state index in [9.17, 15) is 0 Å². The summed E-state index contributed by atoms with van der Waals surface area (Å²) in [6.45, 7) is 3.04. The molecule has 2 saturated carbocycles. The molecule has 0 aromatic carbocycles. The van der Waals surface area contributed by atoms with Crippen molar-refractivity contribution in [3.05, 3.63) is 29.2 Å². The molecule has 1 aromatic heterocycles. The molecule has 17 heavy (non-hydrogen) atoms. The largest absolute Gasteiger partial charge is 0.368 e. The molecule has 0 unspecified atom stereocenters. The summed E-state index contributed by atoms with van der Waals surface area (Å²) in [6, 6.07) is 0. The number of hydrogen-bond donors (Lipinski definition) is 1. The minimum Gasteiger partial charge on any atom is -0.368 e. The van der Waals surface area contributed by atoms with Gasteiger partial charge < -0.3 is 5.32 Å². The minimum absolute atomic E-state index is 0.805. The fourth-order valence-electron chi connectivity index (χ4n) is 2.60. The number of anilines is 1. The Morgan fingerprint density at radius 2 is 1.94 bits per heavy atom. The van der Waals surface area contributed by atoms with Crippen molar-refractivity contribution in [2.24, 2.45) is 5.92 Å².